The first-order valence-electron chi connectivity index (χ1n) is 7.31. The minimum absolute atomic E-state index is 0.384. The van der Waals surface area contributed by atoms with Crippen LogP contribution >= 0.6 is 11.6 Å². The topological polar surface area (TPSA) is 66.5 Å². The molecule has 0 bridgehead atoms. The Morgan fingerprint density at radius 2 is 1.71 bits per heavy atom. The number of amides is 1. The Balaban J connectivity index is 2.31. The van der Waals surface area contributed by atoms with E-state index in [9.17, 15) is 13.2 Å². The van der Waals surface area contributed by atoms with Crippen LogP contribution in [0.2, 0.25) is 5.02 Å². The van der Waals surface area contributed by atoms with Gasteiger partial charge in [0.1, 0.15) is 6.04 Å². The number of para-hydroxylation sites is 1. The van der Waals surface area contributed by atoms with Crippen molar-refractivity contribution in [1.29, 1.82) is 0 Å². The second kappa shape index (κ2) is 7.23. The molecule has 1 amide bonds. The largest absolute Gasteiger partial charge is 0.324 e. The number of hydrogen-bond donors (Lipinski definition) is 1. The first-order valence-corrected chi connectivity index (χ1v) is 9.54. The molecule has 0 aromatic heterocycles. The number of carbonyl (C=O) groups excluding carboxylic acids is 1. The minimum Gasteiger partial charge on any atom is -0.324 e. The molecule has 2 aromatic rings. The molecule has 0 saturated carbocycles. The summed E-state index contributed by atoms with van der Waals surface area (Å²) < 4.78 is 25.5. The van der Waals surface area contributed by atoms with Crippen LogP contribution in [0.15, 0.2) is 48.5 Å². The molecule has 0 fully saturated rings. The molecule has 1 atom stereocenters. The summed E-state index contributed by atoms with van der Waals surface area (Å²) in [6.07, 6.45) is 1.07. The molecule has 2 rings (SSSR count). The van der Waals surface area contributed by atoms with Crippen molar-refractivity contribution in [3.8, 4) is 0 Å². The normalized spacial score (nSPS) is 12.5. The summed E-state index contributed by atoms with van der Waals surface area (Å²) in [5.74, 6) is -0.412. The quantitative estimate of drug-likeness (QED) is 0.881. The van der Waals surface area contributed by atoms with Gasteiger partial charge in [-0.1, -0.05) is 29.8 Å². The van der Waals surface area contributed by atoms with E-state index in [0.717, 1.165) is 16.1 Å². The van der Waals surface area contributed by atoms with Crippen LogP contribution in [-0.4, -0.2) is 26.6 Å². The second-order valence-electron chi connectivity index (χ2n) is 5.52. The van der Waals surface area contributed by atoms with E-state index in [1.807, 2.05) is 19.1 Å². The number of anilines is 2. The number of aryl methyl sites for hydroxylation is 1. The molecule has 0 heterocycles. The van der Waals surface area contributed by atoms with E-state index in [1.165, 1.54) is 0 Å². The summed E-state index contributed by atoms with van der Waals surface area (Å²) in [6, 6.07) is 12.7. The highest BCUT2D eigenvalue weighted by molar-refractivity contribution is 7.92. The number of nitrogens with one attached hydrogen (secondary N) is 1. The van der Waals surface area contributed by atoms with Crippen LogP contribution in [0.25, 0.3) is 0 Å². The van der Waals surface area contributed by atoms with Gasteiger partial charge >= 0.3 is 0 Å². The van der Waals surface area contributed by atoms with Crippen molar-refractivity contribution < 1.29 is 13.2 Å². The fourth-order valence-corrected chi connectivity index (χ4v) is 3.65. The lowest BCUT2D eigenvalue weighted by Crippen LogP contribution is -2.45. The molecule has 5 nitrogen and oxygen atoms in total. The summed E-state index contributed by atoms with van der Waals surface area (Å²) in [4.78, 5) is 12.5. The molecule has 0 saturated heterocycles. The summed E-state index contributed by atoms with van der Waals surface area (Å²) in [5.41, 5.74) is 1.93. The Morgan fingerprint density at radius 3 is 2.25 bits per heavy atom. The molecule has 0 aliphatic heterocycles. The lowest BCUT2D eigenvalue weighted by atomic mass is 10.2. The van der Waals surface area contributed by atoms with Gasteiger partial charge in [-0.2, -0.15) is 0 Å². The maximum absolute atomic E-state index is 12.5. The zero-order valence-electron chi connectivity index (χ0n) is 13.7. The zero-order valence-corrected chi connectivity index (χ0v) is 15.2. The van der Waals surface area contributed by atoms with E-state index in [1.54, 1.807) is 43.3 Å². The Hall–Kier alpha value is -2.05. The molecule has 2 aromatic carbocycles. The zero-order chi connectivity index (χ0) is 17.9. The van der Waals surface area contributed by atoms with Gasteiger partial charge in [0.05, 0.1) is 11.9 Å². The highest BCUT2D eigenvalue weighted by atomic mass is 35.5. The van der Waals surface area contributed by atoms with E-state index in [0.29, 0.717) is 16.4 Å². The SMILES string of the molecule is Cc1ccccc1NC(=O)[C@@H](C)N(c1ccc(Cl)cc1)S(C)(=O)=O. The van der Waals surface area contributed by atoms with Gasteiger partial charge in [0.25, 0.3) is 0 Å². The van der Waals surface area contributed by atoms with Gasteiger partial charge in [-0.15, -0.1) is 0 Å². The van der Waals surface area contributed by atoms with Crippen LogP contribution in [0.5, 0.6) is 0 Å². The smallest absolute Gasteiger partial charge is 0.248 e. The van der Waals surface area contributed by atoms with Gasteiger partial charge in [-0.25, -0.2) is 8.42 Å². The molecule has 7 heteroatoms. The summed E-state index contributed by atoms with van der Waals surface area (Å²) in [5, 5.41) is 3.26. The monoisotopic (exact) mass is 366 g/mol. The molecule has 24 heavy (non-hydrogen) atoms. The molecule has 0 spiro atoms. The third kappa shape index (κ3) is 4.27. The molecule has 0 aliphatic rings. The maximum Gasteiger partial charge on any atom is 0.248 e. The first-order chi connectivity index (χ1) is 11.2. The number of sulfonamides is 1. The van der Waals surface area contributed by atoms with Crippen molar-refractivity contribution in [2.75, 3.05) is 15.9 Å². The summed E-state index contributed by atoms with van der Waals surface area (Å²) in [6.45, 7) is 3.41. The van der Waals surface area contributed by atoms with Crippen LogP contribution in [0.4, 0.5) is 11.4 Å². The van der Waals surface area contributed by atoms with Crippen LogP contribution in [0.1, 0.15) is 12.5 Å². The van der Waals surface area contributed by atoms with Crippen molar-refractivity contribution in [2.24, 2.45) is 0 Å². The predicted molar refractivity (Wildman–Crippen MR) is 98.0 cm³/mol. The Bertz CT molecular complexity index is 835. The number of nitrogens with zero attached hydrogens (tertiary/aromatic N) is 1. The number of rotatable bonds is 5. The number of carbonyl (C=O) groups is 1. The van der Waals surface area contributed by atoms with Crippen molar-refractivity contribution >= 4 is 38.9 Å². The lowest BCUT2D eigenvalue weighted by molar-refractivity contribution is -0.116. The number of benzene rings is 2. The highest BCUT2D eigenvalue weighted by Crippen LogP contribution is 2.24. The third-order valence-corrected chi connectivity index (χ3v) is 5.07. The van der Waals surface area contributed by atoms with Gasteiger partial charge in [-0.3, -0.25) is 9.10 Å². The molecule has 0 unspecified atom stereocenters. The van der Waals surface area contributed by atoms with Gasteiger partial charge in [0, 0.05) is 10.7 Å². The fraction of sp³-hybridized carbons (Fsp3) is 0.235. The van der Waals surface area contributed by atoms with Crippen LogP contribution < -0.4 is 9.62 Å². The van der Waals surface area contributed by atoms with Gasteiger partial charge in [-0.05, 0) is 49.7 Å². The summed E-state index contributed by atoms with van der Waals surface area (Å²) >= 11 is 5.85. The van der Waals surface area contributed by atoms with Crippen molar-refractivity contribution in [3.63, 3.8) is 0 Å². The van der Waals surface area contributed by atoms with Gasteiger partial charge in [0.15, 0.2) is 0 Å². The predicted octanol–water partition coefficient (Wildman–Crippen LogP) is 3.44. The van der Waals surface area contributed by atoms with Crippen molar-refractivity contribution in [2.45, 2.75) is 19.9 Å². The summed E-state index contributed by atoms with van der Waals surface area (Å²) in [7, 11) is -3.65. The average Bonchev–Trinajstić information content (AvgIpc) is 2.50. The van der Waals surface area contributed by atoms with E-state index >= 15 is 0 Å². The molecule has 0 radical (unpaired) electrons. The second-order valence-corrected chi connectivity index (χ2v) is 7.81. The van der Waals surface area contributed by atoms with E-state index in [-0.39, 0.29) is 0 Å². The van der Waals surface area contributed by atoms with Crippen LogP contribution in [-0.2, 0) is 14.8 Å². The molecule has 128 valence electrons. The average molecular weight is 367 g/mol. The van der Waals surface area contributed by atoms with E-state index in [2.05, 4.69) is 5.32 Å². The van der Waals surface area contributed by atoms with Crippen molar-refractivity contribution in [1.82, 2.24) is 0 Å². The maximum atomic E-state index is 12.5. The standard InChI is InChI=1S/C17H19ClN2O3S/c1-12-6-4-5-7-16(12)19-17(21)13(2)20(24(3,22)23)15-10-8-14(18)9-11-15/h4-11,13H,1-3H3,(H,19,21)/t13-/m1/s1. The van der Waals surface area contributed by atoms with Gasteiger partial charge in [0.2, 0.25) is 15.9 Å². The first kappa shape index (κ1) is 18.3. The van der Waals surface area contributed by atoms with Crippen LogP contribution in [0, 0.1) is 6.92 Å². The highest BCUT2D eigenvalue weighted by Gasteiger charge is 2.29. The third-order valence-electron chi connectivity index (χ3n) is 3.57. The number of hydrogen-bond acceptors (Lipinski definition) is 3. The molecular weight excluding hydrogens is 348 g/mol. The Labute approximate surface area is 147 Å². The Kier molecular flexibility index (Phi) is 5.51. The van der Waals surface area contributed by atoms with E-state index in [4.69, 9.17) is 11.6 Å². The van der Waals surface area contributed by atoms with Gasteiger partial charge < -0.3 is 5.32 Å². The lowest BCUT2D eigenvalue weighted by Gasteiger charge is -2.28. The fourth-order valence-electron chi connectivity index (χ4n) is 2.35. The minimum atomic E-state index is -3.65. The molecule has 0 aliphatic carbocycles. The van der Waals surface area contributed by atoms with Crippen LogP contribution in [0.3, 0.4) is 0 Å². The molecule has 1 N–H and O–H groups in total. The van der Waals surface area contributed by atoms with E-state index < -0.39 is 22.0 Å². The molecular formula is C17H19ClN2O3S. The number of halogens is 1. The Morgan fingerprint density at radius 1 is 1.12 bits per heavy atom. The van der Waals surface area contributed by atoms with Crippen molar-refractivity contribution in [3.05, 3.63) is 59.1 Å².